The summed E-state index contributed by atoms with van der Waals surface area (Å²) in [6, 6.07) is 10.1. The Kier molecular flexibility index (Phi) is 5.39. The quantitative estimate of drug-likeness (QED) is 0.477. The van der Waals surface area contributed by atoms with Gasteiger partial charge >= 0.3 is 0 Å². The van der Waals surface area contributed by atoms with Gasteiger partial charge in [0.05, 0.1) is 39.1 Å². The third-order valence-corrected chi connectivity index (χ3v) is 5.92. The molecule has 1 unspecified atom stereocenters. The molecule has 5 rings (SSSR count). The second kappa shape index (κ2) is 8.36. The van der Waals surface area contributed by atoms with Gasteiger partial charge < -0.3 is 15.4 Å². The van der Waals surface area contributed by atoms with E-state index in [9.17, 15) is 9.65 Å². The molecule has 0 spiro atoms. The Bertz CT molecular complexity index is 1290. The molecule has 3 N–H and O–H groups in total. The fourth-order valence-corrected chi connectivity index (χ4v) is 4.24. The Hall–Kier alpha value is -3.25. The molecule has 3 aromatic rings. The smallest absolute Gasteiger partial charge is 0.185 e. The minimum Gasteiger partial charge on any atom is -0.475 e. The Morgan fingerprint density at radius 3 is 2.91 bits per heavy atom. The van der Waals surface area contributed by atoms with Gasteiger partial charge in [0, 0.05) is 35.9 Å². The third-order valence-electron chi connectivity index (χ3n) is 5.34. The summed E-state index contributed by atoms with van der Waals surface area (Å²) < 4.78 is 19.2. The van der Waals surface area contributed by atoms with Crippen molar-refractivity contribution in [2.24, 2.45) is 0 Å². The average molecular weight is 471 g/mol. The molecule has 1 saturated heterocycles. The van der Waals surface area contributed by atoms with E-state index in [0.717, 1.165) is 24.4 Å². The number of hydrogen-bond acceptors (Lipinski definition) is 7. The van der Waals surface area contributed by atoms with Crippen LogP contribution in [0.1, 0.15) is 12.0 Å². The molecule has 7 nitrogen and oxygen atoms in total. The van der Waals surface area contributed by atoms with Gasteiger partial charge in [0.15, 0.2) is 6.23 Å². The van der Waals surface area contributed by atoms with E-state index in [1.54, 1.807) is 18.4 Å². The van der Waals surface area contributed by atoms with Crippen molar-refractivity contribution < 1.29 is 9.13 Å². The normalized spacial score (nSPS) is 17.0. The first-order valence-electron chi connectivity index (χ1n) is 9.89. The number of halogens is 3. The first kappa shape index (κ1) is 20.6. The number of hydrogen-bond donors (Lipinski definition) is 3. The average Bonchev–Trinajstić information content (AvgIpc) is 3.40. The zero-order valence-corrected chi connectivity index (χ0v) is 18.1. The minimum absolute atomic E-state index is 0.0202. The first-order chi connectivity index (χ1) is 15.5. The van der Waals surface area contributed by atoms with E-state index in [1.807, 2.05) is 11.1 Å². The molecule has 1 aromatic heterocycles. The molecule has 2 aliphatic heterocycles. The lowest BCUT2D eigenvalue weighted by Crippen LogP contribution is -2.35. The van der Waals surface area contributed by atoms with Crippen molar-refractivity contribution in [1.82, 2.24) is 15.4 Å². The van der Waals surface area contributed by atoms with Gasteiger partial charge in [-0.25, -0.2) is 9.82 Å². The summed E-state index contributed by atoms with van der Waals surface area (Å²) in [5.41, 5.74) is 6.92. The lowest BCUT2D eigenvalue weighted by atomic mass is 10.1. The number of ether oxygens (including phenoxy) is 1. The number of rotatable bonds is 5. The molecule has 0 amide bonds. The van der Waals surface area contributed by atoms with E-state index in [-0.39, 0.29) is 11.3 Å². The number of aromatic nitrogens is 1. The van der Waals surface area contributed by atoms with Crippen LogP contribution in [0.25, 0.3) is 10.9 Å². The van der Waals surface area contributed by atoms with E-state index in [0.29, 0.717) is 39.4 Å². The molecule has 2 aliphatic rings. The highest BCUT2D eigenvalue weighted by molar-refractivity contribution is 6.36. The molecule has 0 radical (unpaired) electrons. The number of pyridine rings is 1. The van der Waals surface area contributed by atoms with Crippen molar-refractivity contribution in [3.05, 3.63) is 69.9 Å². The second-order valence-corrected chi connectivity index (χ2v) is 8.20. The largest absolute Gasteiger partial charge is 0.475 e. The molecule has 0 aliphatic carbocycles. The summed E-state index contributed by atoms with van der Waals surface area (Å²) in [5, 5.41) is 19.2. The number of benzene rings is 2. The molecule has 0 bridgehead atoms. The van der Waals surface area contributed by atoms with E-state index >= 15 is 0 Å². The summed E-state index contributed by atoms with van der Waals surface area (Å²) in [4.78, 5) is 4.35. The van der Waals surface area contributed by atoms with Crippen molar-refractivity contribution in [3.8, 4) is 6.07 Å². The van der Waals surface area contributed by atoms with Crippen LogP contribution in [0.15, 0.2) is 48.5 Å². The highest BCUT2D eigenvalue weighted by Crippen LogP contribution is 2.35. The molecule has 10 heteroatoms. The van der Waals surface area contributed by atoms with Gasteiger partial charge in [-0.3, -0.25) is 9.99 Å². The maximum absolute atomic E-state index is 13.6. The zero-order chi connectivity index (χ0) is 22.2. The van der Waals surface area contributed by atoms with Crippen LogP contribution in [-0.2, 0) is 4.74 Å². The van der Waals surface area contributed by atoms with E-state index in [1.165, 1.54) is 18.3 Å². The topological polar surface area (TPSA) is 85.2 Å². The molecule has 162 valence electrons. The molecule has 0 saturated carbocycles. The highest BCUT2D eigenvalue weighted by Gasteiger charge is 2.31. The zero-order valence-electron chi connectivity index (χ0n) is 16.6. The van der Waals surface area contributed by atoms with Crippen LogP contribution < -0.4 is 16.1 Å². The molecular weight excluding hydrogens is 454 g/mol. The van der Waals surface area contributed by atoms with Crippen molar-refractivity contribution in [1.29, 1.82) is 5.26 Å². The van der Waals surface area contributed by atoms with Crippen LogP contribution in [0.3, 0.4) is 0 Å². The Morgan fingerprint density at radius 2 is 2.09 bits per heavy atom. The highest BCUT2D eigenvalue weighted by atomic mass is 35.5. The van der Waals surface area contributed by atoms with E-state index in [2.05, 4.69) is 27.1 Å². The third kappa shape index (κ3) is 3.75. The van der Waals surface area contributed by atoms with Crippen LogP contribution in [-0.4, -0.2) is 29.3 Å². The van der Waals surface area contributed by atoms with Crippen LogP contribution in [0.4, 0.5) is 21.5 Å². The molecule has 1 fully saturated rings. The van der Waals surface area contributed by atoms with Gasteiger partial charge in [0.25, 0.3) is 0 Å². The van der Waals surface area contributed by atoms with E-state index in [4.69, 9.17) is 27.9 Å². The number of nitrogens with zero attached hydrogens (tertiary/aromatic N) is 3. The number of hydrazine groups is 1. The van der Waals surface area contributed by atoms with Crippen molar-refractivity contribution in [3.63, 3.8) is 0 Å². The molecule has 3 heterocycles. The van der Waals surface area contributed by atoms with Gasteiger partial charge in [-0.1, -0.05) is 23.2 Å². The summed E-state index contributed by atoms with van der Waals surface area (Å²) in [6.07, 6.45) is 4.15. The summed E-state index contributed by atoms with van der Waals surface area (Å²) >= 11 is 12.4. The molecule has 32 heavy (non-hydrogen) atoms. The van der Waals surface area contributed by atoms with Crippen molar-refractivity contribution in [2.45, 2.75) is 12.6 Å². The SMILES string of the molecule is N#Cc1cnc2c(Cl)cc(NCC3=COC4CCNN34)cc2c1Nc1ccc(F)c(Cl)c1. The van der Waals surface area contributed by atoms with Crippen LogP contribution in [0, 0.1) is 17.1 Å². The second-order valence-electron chi connectivity index (χ2n) is 7.39. The lowest BCUT2D eigenvalue weighted by molar-refractivity contribution is 0.0656. The van der Waals surface area contributed by atoms with Crippen molar-refractivity contribution in [2.75, 3.05) is 23.7 Å². The summed E-state index contributed by atoms with van der Waals surface area (Å²) in [5.74, 6) is -0.522. The Balaban J connectivity index is 1.49. The molecule has 2 aromatic carbocycles. The maximum Gasteiger partial charge on any atom is 0.185 e. The predicted octanol–water partition coefficient (Wildman–Crippen LogP) is 5.12. The maximum atomic E-state index is 13.6. The lowest BCUT2D eigenvalue weighted by Gasteiger charge is -2.20. The fraction of sp³-hybridized carbons (Fsp3) is 0.182. The number of nitrogens with one attached hydrogen (secondary N) is 3. The summed E-state index contributed by atoms with van der Waals surface area (Å²) in [6.45, 7) is 1.39. The Labute approximate surface area is 193 Å². The molecule has 1 atom stereocenters. The van der Waals surface area contributed by atoms with Gasteiger partial charge in [-0.15, -0.1) is 0 Å². The fourth-order valence-electron chi connectivity index (χ4n) is 3.79. The molecular formula is C22H17Cl2FN6O. The first-order valence-corrected chi connectivity index (χ1v) is 10.6. The van der Waals surface area contributed by atoms with Crippen molar-refractivity contribution >= 4 is 51.2 Å². The predicted molar refractivity (Wildman–Crippen MR) is 122 cm³/mol. The monoisotopic (exact) mass is 470 g/mol. The standard InChI is InChI=1S/C22H17Cl2FN6O/c23-17-6-13(1-2-19(17)25)30-21-12(8-26)9-28-22-16(21)5-14(7-18(22)24)27-10-15-11-32-20-3-4-29-31(15)20/h1-2,5-7,9,11,20,27,29H,3-4,10H2,(H,28,30). The van der Waals surface area contributed by atoms with Crippen LogP contribution in [0.2, 0.25) is 10.0 Å². The minimum atomic E-state index is -0.522. The number of anilines is 3. The van der Waals surface area contributed by atoms with Gasteiger partial charge in [-0.2, -0.15) is 5.26 Å². The van der Waals surface area contributed by atoms with E-state index < -0.39 is 5.82 Å². The Morgan fingerprint density at radius 1 is 1.25 bits per heavy atom. The van der Waals surface area contributed by atoms with Crippen LogP contribution in [0.5, 0.6) is 0 Å². The summed E-state index contributed by atoms with van der Waals surface area (Å²) in [7, 11) is 0. The number of fused-ring (bicyclic) bond motifs is 2. The van der Waals surface area contributed by atoms with Gasteiger partial charge in [0.2, 0.25) is 0 Å². The number of nitriles is 1. The van der Waals surface area contributed by atoms with Crippen LogP contribution >= 0.6 is 23.2 Å². The van der Waals surface area contributed by atoms with Gasteiger partial charge in [0.1, 0.15) is 18.1 Å². The van der Waals surface area contributed by atoms with Gasteiger partial charge in [-0.05, 0) is 30.3 Å².